The monoisotopic (exact) mass is 298 g/mol. The zero-order valence-electron chi connectivity index (χ0n) is 11.3. The summed E-state index contributed by atoms with van der Waals surface area (Å²) in [6.45, 7) is 1.11. The van der Waals surface area contributed by atoms with Gasteiger partial charge in [-0.1, -0.05) is 0 Å². The summed E-state index contributed by atoms with van der Waals surface area (Å²) in [7, 11) is 0. The van der Waals surface area contributed by atoms with Gasteiger partial charge in [0.05, 0.1) is 12.5 Å². The molecule has 0 aliphatic carbocycles. The SMILES string of the molecule is O=C(CN1CCC(C(=O)O)CC1)Nc1cc(F)cc(F)c1. The highest BCUT2D eigenvalue weighted by Gasteiger charge is 2.25. The first-order valence-electron chi connectivity index (χ1n) is 6.65. The number of carboxylic acid groups (broad SMARTS) is 1. The molecule has 0 spiro atoms. The predicted octanol–water partition coefficient (Wildman–Crippen LogP) is 1.70. The van der Waals surface area contributed by atoms with Crippen molar-refractivity contribution >= 4 is 17.6 Å². The molecule has 0 saturated carbocycles. The van der Waals surface area contributed by atoms with Crippen LogP contribution < -0.4 is 5.32 Å². The Hall–Kier alpha value is -2.02. The lowest BCUT2D eigenvalue weighted by Crippen LogP contribution is -2.40. The first kappa shape index (κ1) is 15.4. The topological polar surface area (TPSA) is 69.6 Å². The second-order valence-electron chi connectivity index (χ2n) is 5.09. The van der Waals surface area contributed by atoms with Gasteiger partial charge in [0.1, 0.15) is 11.6 Å². The maximum absolute atomic E-state index is 13.0. The van der Waals surface area contributed by atoms with Crippen molar-refractivity contribution in [2.45, 2.75) is 12.8 Å². The van der Waals surface area contributed by atoms with E-state index >= 15 is 0 Å². The van der Waals surface area contributed by atoms with Gasteiger partial charge in [-0.3, -0.25) is 14.5 Å². The van der Waals surface area contributed by atoms with Crippen LogP contribution in [0.3, 0.4) is 0 Å². The van der Waals surface area contributed by atoms with Crippen molar-refractivity contribution in [3.63, 3.8) is 0 Å². The van der Waals surface area contributed by atoms with Crippen molar-refractivity contribution in [3.05, 3.63) is 29.8 Å². The maximum Gasteiger partial charge on any atom is 0.306 e. The van der Waals surface area contributed by atoms with Gasteiger partial charge in [-0.2, -0.15) is 0 Å². The molecule has 1 saturated heterocycles. The molecular weight excluding hydrogens is 282 g/mol. The molecule has 1 aromatic carbocycles. The van der Waals surface area contributed by atoms with Crippen molar-refractivity contribution in [1.82, 2.24) is 4.90 Å². The molecule has 21 heavy (non-hydrogen) atoms. The molecule has 1 aromatic rings. The van der Waals surface area contributed by atoms with Crippen LogP contribution in [0, 0.1) is 17.6 Å². The lowest BCUT2D eigenvalue weighted by molar-refractivity contribution is -0.143. The lowest BCUT2D eigenvalue weighted by atomic mass is 9.97. The van der Waals surface area contributed by atoms with E-state index in [0.717, 1.165) is 18.2 Å². The van der Waals surface area contributed by atoms with Crippen LogP contribution in [-0.4, -0.2) is 41.5 Å². The number of halogens is 2. The van der Waals surface area contributed by atoms with Gasteiger partial charge in [0.25, 0.3) is 0 Å². The fourth-order valence-electron chi connectivity index (χ4n) is 2.37. The number of piperidine rings is 1. The third-order valence-electron chi connectivity index (χ3n) is 3.45. The minimum atomic E-state index is -0.811. The smallest absolute Gasteiger partial charge is 0.306 e. The molecule has 114 valence electrons. The molecule has 0 radical (unpaired) electrons. The maximum atomic E-state index is 13.0. The van der Waals surface area contributed by atoms with Crippen molar-refractivity contribution in [2.24, 2.45) is 5.92 Å². The molecule has 1 aliphatic rings. The number of rotatable bonds is 4. The van der Waals surface area contributed by atoms with Crippen LogP contribution in [0.4, 0.5) is 14.5 Å². The van der Waals surface area contributed by atoms with Crippen LogP contribution in [0.2, 0.25) is 0 Å². The van der Waals surface area contributed by atoms with Gasteiger partial charge in [-0.15, -0.1) is 0 Å². The second kappa shape index (κ2) is 6.62. The number of likely N-dealkylation sites (tertiary alicyclic amines) is 1. The first-order chi connectivity index (χ1) is 9.94. The molecule has 1 heterocycles. The number of nitrogens with one attached hydrogen (secondary N) is 1. The molecular formula is C14H16F2N2O3. The van der Waals surface area contributed by atoms with E-state index in [1.807, 2.05) is 4.90 Å². The van der Waals surface area contributed by atoms with Crippen LogP contribution in [0.25, 0.3) is 0 Å². The standard InChI is InChI=1S/C14H16F2N2O3/c15-10-5-11(16)7-12(6-10)17-13(19)8-18-3-1-9(2-4-18)14(20)21/h5-7,9H,1-4,8H2,(H,17,19)(H,20,21). The third kappa shape index (κ3) is 4.49. The van der Waals surface area contributed by atoms with E-state index in [0.29, 0.717) is 25.9 Å². The molecule has 1 aliphatic heterocycles. The summed E-state index contributed by atoms with van der Waals surface area (Å²) in [5, 5.41) is 11.3. The summed E-state index contributed by atoms with van der Waals surface area (Å²) in [4.78, 5) is 24.4. The van der Waals surface area contributed by atoms with E-state index in [-0.39, 0.29) is 24.1 Å². The summed E-state index contributed by atoms with van der Waals surface area (Å²) >= 11 is 0. The Morgan fingerprint density at radius 2 is 1.76 bits per heavy atom. The Morgan fingerprint density at radius 1 is 1.19 bits per heavy atom. The molecule has 0 atom stereocenters. The number of carbonyl (C=O) groups excluding carboxylic acids is 1. The summed E-state index contributed by atoms with van der Waals surface area (Å²) in [5.41, 5.74) is 0.0675. The molecule has 1 amide bonds. The minimum absolute atomic E-state index is 0.0675. The largest absolute Gasteiger partial charge is 0.481 e. The van der Waals surface area contributed by atoms with Crippen molar-refractivity contribution in [2.75, 3.05) is 25.0 Å². The zero-order valence-corrected chi connectivity index (χ0v) is 11.3. The van der Waals surface area contributed by atoms with Crippen molar-refractivity contribution in [1.29, 1.82) is 0 Å². The summed E-state index contributed by atoms with van der Waals surface area (Å²) in [5.74, 6) is -3.06. The molecule has 0 bridgehead atoms. The average molecular weight is 298 g/mol. The Bertz CT molecular complexity index is 523. The zero-order chi connectivity index (χ0) is 15.4. The fourth-order valence-corrected chi connectivity index (χ4v) is 2.37. The highest BCUT2D eigenvalue weighted by molar-refractivity contribution is 5.92. The Kier molecular flexibility index (Phi) is 4.85. The normalized spacial score (nSPS) is 16.7. The van der Waals surface area contributed by atoms with Crippen molar-refractivity contribution < 1.29 is 23.5 Å². The molecule has 5 nitrogen and oxygen atoms in total. The summed E-state index contributed by atoms with van der Waals surface area (Å²) in [6, 6.07) is 2.81. The van der Waals surface area contributed by atoms with Crippen LogP contribution in [0.1, 0.15) is 12.8 Å². The Labute approximate surface area is 120 Å². The quantitative estimate of drug-likeness (QED) is 0.887. The van der Waals surface area contributed by atoms with Gasteiger partial charge in [-0.25, -0.2) is 8.78 Å². The van der Waals surface area contributed by atoms with E-state index in [1.165, 1.54) is 0 Å². The predicted molar refractivity (Wildman–Crippen MR) is 71.8 cm³/mol. The van der Waals surface area contributed by atoms with Gasteiger partial charge < -0.3 is 10.4 Å². The Morgan fingerprint density at radius 3 is 2.29 bits per heavy atom. The fraction of sp³-hybridized carbons (Fsp3) is 0.429. The molecule has 2 N–H and O–H groups in total. The summed E-state index contributed by atoms with van der Waals surface area (Å²) in [6.07, 6.45) is 0.994. The number of carbonyl (C=O) groups is 2. The molecule has 0 unspecified atom stereocenters. The van der Waals surface area contributed by atoms with E-state index in [4.69, 9.17) is 5.11 Å². The van der Waals surface area contributed by atoms with E-state index in [9.17, 15) is 18.4 Å². The second-order valence-corrected chi connectivity index (χ2v) is 5.09. The first-order valence-corrected chi connectivity index (χ1v) is 6.65. The van der Waals surface area contributed by atoms with E-state index in [1.54, 1.807) is 0 Å². The van der Waals surface area contributed by atoms with E-state index < -0.39 is 17.6 Å². The Balaban J connectivity index is 1.84. The number of benzene rings is 1. The number of hydrogen-bond donors (Lipinski definition) is 2. The van der Waals surface area contributed by atoms with E-state index in [2.05, 4.69) is 5.32 Å². The average Bonchev–Trinajstić information content (AvgIpc) is 2.37. The molecule has 0 aromatic heterocycles. The van der Waals surface area contributed by atoms with Gasteiger partial charge >= 0.3 is 5.97 Å². The number of amides is 1. The molecule has 2 rings (SSSR count). The van der Waals surface area contributed by atoms with Crippen LogP contribution >= 0.6 is 0 Å². The van der Waals surface area contributed by atoms with Crippen LogP contribution in [-0.2, 0) is 9.59 Å². The molecule has 7 heteroatoms. The minimum Gasteiger partial charge on any atom is -0.481 e. The van der Waals surface area contributed by atoms with Gasteiger partial charge in [0, 0.05) is 11.8 Å². The van der Waals surface area contributed by atoms with Gasteiger partial charge in [-0.05, 0) is 38.1 Å². The van der Waals surface area contributed by atoms with Gasteiger partial charge in [0.2, 0.25) is 5.91 Å². The summed E-state index contributed by atoms with van der Waals surface area (Å²) < 4.78 is 26.0. The molecule has 1 fully saturated rings. The highest BCUT2D eigenvalue weighted by Crippen LogP contribution is 2.17. The van der Waals surface area contributed by atoms with Crippen LogP contribution in [0.15, 0.2) is 18.2 Å². The number of nitrogens with zero attached hydrogens (tertiary/aromatic N) is 1. The number of aliphatic carboxylic acids is 1. The van der Waals surface area contributed by atoms with Crippen LogP contribution in [0.5, 0.6) is 0 Å². The third-order valence-corrected chi connectivity index (χ3v) is 3.45. The lowest BCUT2D eigenvalue weighted by Gasteiger charge is -2.29. The van der Waals surface area contributed by atoms with Crippen molar-refractivity contribution in [3.8, 4) is 0 Å². The number of hydrogen-bond acceptors (Lipinski definition) is 3. The number of anilines is 1. The number of carboxylic acids is 1. The highest BCUT2D eigenvalue weighted by atomic mass is 19.1. The van der Waals surface area contributed by atoms with Gasteiger partial charge in [0.15, 0.2) is 0 Å².